The lowest BCUT2D eigenvalue weighted by molar-refractivity contribution is 0.103. The van der Waals surface area contributed by atoms with Gasteiger partial charge in [0.2, 0.25) is 5.78 Å². The van der Waals surface area contributed by atoms with E-state index in [1.54, 1.807) is 29.0 Å². The van der Waals surface area contributed by atoms with Gasteiger partial charge in [0.25, 0.3) is 10.1 Å². The van der Waals surface area contributed by atoms with Gasteiger partial charge < -0.3 is 14.8 Å². The molecule has 0 aliphatic carbocycles. The lowest BCUT2D eigenvalue weighted by atomic mass is 10.0. The number of ketones is 1. The van der Waals surface area contributed by atoms with Crippen LogP contribution in [0.3, 0.4) is 0 Å². The molecule has 6 rings (SSSR count). The number of aromatic amines is 1. The number of nitrogens with one attached hydrogen (secondary N) is 1. The highest BCUT2D eigenvalue weighted by Gasteiger charge is 2.22. The van der Waals surface area contributed by atoms with Crippen molar-refractivity contribution in [3.8, 4) is 11.3 Å². The third-order valence-corrected chi connectivity index (χ3v) is 6.97. The zero-order chi connectivity index (χ0) is 28.4. The van der Waals surface area contributed by atoms with Crippen molar-refractivity contribution in [2.45, 2.75) is 18.9 Å². The molecular weight excluding hydrogens is 530 g/mol. The molecule has 1 aliphatic heterocycles. The Balaban J connectivity index is 0.000000595. The van der Waals surface area contributed by atoms with Crippen LogP contribution >= 0.6 is 0 Å². The van der Waals surface area contributed by atoms with E-state index in [0.29, 0.717) is 29.4 Å². The summed E-state index contributed by atoms with van der Waals surface area (Å²) in [4.78, 5) is 30.4. The third-order valence-electron chi connectivity index (χ3n) is 6.97. The molecule has 0 radical (unpaired) electrons. The maximum absolute atomic E-state index is 13.3. The second kappa shape index (κ2) is 11.2. The van der Waals surface area contributed by atoms with Crippen molar-refractivity contribution < 1.29 is 17.8 Å². The summed E-state index contributed by atoms with van der Waals surface area (Å²) in [5, 5.41) is 4.38. The first-order chi connectivity index (χ1) is 19.1. The van der Waals surface area contributed by atoms with Crippen LogP contribution in [-0.2, 0) is 10.1 Å². The average molecular weight is 562 g/mol. The molecule has 1 fully saturated rings. The predicted molar refractivity (Wildman–Crippen MR) is 154 cm³/mol. The Kier molecular flexibility index (Phi) is 7.66. The lowest BCUT2D eigenvalue weighted by Crippen LogP contribution is -2.41. The van der Waals surface area contributed by atoms with E-state index in [4.69, 9.17) is 4.55 Å². The average Bonchev–Trinajstić information content (AvgIpc) is 3.56. The van der Waals surface area contributed by atoms with Crippen LogP contribution in [0.4, 0.5) is 5.69 Å². The molecule has 40 heavy (non-hydrogen) atoms. The minimum atomic E-state index is -3.67. The molecule has 1 saturated heterocycles. The van der Waals surface area contributed by atoms with Crippen molar-refractivity contribution in [2.75, 3.05) is 38.3 Å². The van der Waals surface area contributed by atoms with E-state index >= 15 is 0 Å². The Morgan fingerprint density at radius 3 is 2.58 bits per heavy atom. The number of rotatable bonds is 5. The summed E-state index contributed by atoms with van der Waals surface area (Å²) in [6.45, 7) is 2.05. The number of carbonyl (C=O) groups is 1. The van der Waals surface area contributed by atoms with Gasteiger partial charge in [-0.05, 0) is 69.4 Å². The molecule has 0 spiro atoms. The smallest absolute Gasteiger partial charge is 0.261 e. The molecular formula is C28H31N7O4S. The summed E-state index contributed by atoms with van der Waals surface area (Å²) in [6, 6.07) is 16.2. The zero-order valence-corrected chi connectivity index (χ0v) is 23.3. The molecule has 0 bridgehead atoms. The molecule has 0 atom stereocenters. The van der Waals surface area contributed by atoms with Crippen molar-refractivity contribution in [3.05, 3.63) is 78.5 Å². The molecule has 5 aromatic rings. The first-order valence-corrected chi connectivity index (χ1v) is 14.7. The van der Waals surface area contributed by atoms with Crippen molar-refractivity contribution in [2.24, 2.45) is 0 Å². The molecule has 4 aromatic heterocycles. The monoisotopic (exact) mass is 561 g/mol. The van der Waals surface area contributed by atoms with Crippen LogP contribution in [-0.4, -0.2) is 87.7 Å². The molecule has 1 aliphatic rings. The van der Waals surface area contributed by atoms with Gasteiger partial charge in [-0.25, -0.2) is 9.50 Å². The van der Waals surface area contributed by atoms with Gasteiger partial charge in [-0.1, -0.05) is 6.07 Å². The van der Waals surface area contributed by atoms with E-state index in [-0.39, 0.29) is 5.78 Å². The summed E-state index contributed by atoms with van der Waals surface area (Å²) in [5.41, 5.74) is 5.89. The van der Waals surface area contributed by atoms with Crippen LogP contribution in [0.25, 0.3) is 27.8 Å². The number of fused-ring (bicyclic) bond motifs is 2. The van der Waals surface area contributed by atoms with Crippen LogP contribution < -0.4 is 4.90 Å². The SMILES string of the molecule is CN(C)C1CCN(c2ccc3nc(C(=O)c4ccnc(-c5cnn6ccccc56)c4)[nH]c3c2)CC1.CS(=O)(=O)O. The highest BCUT2D eigenvalue weighted by atomic mass is 32.2. The van der Waals surface area contributed by atoms with Crippen molar-refractivity contribution >= 4 is 38.1 Å². The Morgan fingerprint density at radius 2 is 1.85 bits per heavy atom. The quantitative estimate of drug-likeness (QED) is 0.244. The predicted octanol–water partition coefficient (Wildman–Crippen LogP) is 3.54. The highest BCUT2D eigenvalue weighted by Crippen LogP contribution is 2.27. The number of aromatic nitrogens is 5. The van der Waals surface area contributed by atoms with Gasteiger partial charge >= 0.3 is 0 Å². The molecule has 208 valence electrons. The number of carbonyl (C=O) groups excluding carboxylic acids is 1. The Labute approximate surface area is 232 Å². The lowest BCUT2D eigenvalue weighted by Gasteiger charge is -2.36. The van der Waals surface area contributed by atoms with Gasteiger partial charge in [0.05, 0.1) is 34.7 Å². The second-order valence-electron chi connectivity index (χ2n) is 10.0. The number of anilines is 1. The van der Waals surface area contributed by atoms with E-state index in [0.717, 1.165) is 53.7 Å². The standard InChI is InChI=1S/C27H27N7O.CH4O3S/c1-32(2)19-9-13-33(14-10-19)20-6-7-22-24(16-20)31-27(30-22)26(35)18-8-11-28-23(15-18)21-17-29-34-12-4-3-5-25(21)34;1-5(2,3)4/h3-8,11-12,15-17,19H,9-10,13-14H2,1-2H3,(H,30,31);1H3,(H,2,3,4). The van der Waals surface area contributed by atoms with Crippen LogP contribution in [0.5, 0.6) is 0 Å². The van der Waals surface area contributed by atoms with Gasteiger partial charge in [-0.2, -0.15) is 13.5 Å². The van der Waals surface area contributed by atoms with Crippen molar-refractivity contribution in [3.63, 3.8) is 0 Å². The fourth-order valence-electron chi connectivity index (χ4n) is 4.93. The molecule has 0 unspecified atom stereocenters. The number of hydrogen-bond donors (Lipinski definition) is 2. The first-order valence-electron chi connectivity index (χ1n) is 12.8. The number of benzene rings is 1. The molecule has 5 heterocycles. The largest absolute Gasteiger partial charge is 0.371 e. The molecule has 2 N–H and O–H groups in total. The topological polar surface area (TPSA) is 137 Å². The molecule has 11 nitrogen and oxygen atoms in total. The van der Waals surface area contributed by atoms with E-state index < -0.39 is 10.1 Å². The number of H-pyrrole nitrogens is 1. The fraction of sp³-hybridized carbons (Fsp3) is 0.286. The van der Waals surface area contributed by atoms with Crippen LogP contribution in [0.15, 0.2) is 67.1 Å². The maximum atomic E-state index is 13.3. The first kappa shape index (κ1) is 27.4. The fourth-order valence-corrected chi connectivity index (χ4v) is 4.93. The van der Waals surface area contributed by atoms with Gasteiger partial charge in [0.1, 0.15) is 0 Å². The Bertz CT molecular complexity index is 1760. The number of piperidine rings is 1. The second-order valence-corrected chi connectivity index (χ2v) is 11.5. The minimum Gasteiger partial charge on any atom is -0.371 e. The van der Waals surface area contributed by atoms with Gasteiger partial charge in [0.15, 0.2) is 5.82 Å². The van der Waals surface area contributed by atoms with E-state index in [2.05, 4.69) is 56.1 Å². The van der Waals surface area contributed by atoms with Crippen molar-refractivity contribution in [1.29, 1.82) is 0 Å². The molecule has 1 aromatic carbocycles. The summed E-state index contributed by atoms with van der Waals surface area (Å²) in [5.74, 6) is 0.176. The summed E-state index contributed by atoms with van der Waals surface area (Å²) >= 11 is 0. The van der Waals surface area contributed by atoms with Crippen LogP contribution in [0, 0.1) is 0 Å². The minimum absolute atomic E-state index is 0.158. The van der Waals surface area contributed by atoms with E-state index in [1.165, 1.54) is 0 Å². The van der Waals surface area contributed by atoms with Gasteiger partial charge in [0, 0.05) is 48.3 Å². The zero-order valence-electron chi connectivity index (χ0n) is 22.5. The summed E-state index contributed by atoms with van der Waals surface area (Å²) < 4.78 is 27.7. The molecule has 0 saturated carbocycles. The molecule has 12 heteroatoms. The Hall–Kier alpha value is -4.13. The van der Waals surface area contributed by atoms with Crippen molar-refractivity contribution in [1.82, 2.24) is 29.5 Å². The number of imidazole rings is 1. The normalized spacial score (nSPS) is 14.5. The summed E-state index contributed by atoms with van der Waals surface area (Å²) in [6.07, 6.45) is 8.33. The van der Waals surface area contributed by atoms with Crippen LogP contribution in [0.1, 0.15) is 29.0 Å². The number of nitrogens with zero attached hydrogens (tertiary/aromatic N) is 6. The Morgan fingerprint density at radius 1 is 1.10 bits per heavy atom. The number of pyridine rings is 2. The van der Waals surface area contributed by atoms with Gasteiger partial charge in [-0.15, -0.1) is 0 Å². The van der Waals surface area contributed by atoms with E-state index in [9.17, 15) is 13.2 Å². The molecule has 0 amide bonds. The summed E-state index contributed by atoms with van der Waals surface area (Å²) in [7, 11) is 0.637. The third kappa shape index (κ3) is 6.19. The van der Waals surface area contributed by atoms with Crippen LogP contribution in [0.2, 0.25) is 0 Å². The van der Waals surface area contributed by atoms with Gasteiger partial charge in [-0.3, -0.25) is 14.3 Å². The number of hydrogen-bond acceptors (Lipinski definition) is 8. The highest BCUT2D eigenvalue weighted by molar-refractivity contribution is 7.85. The maximum Gasteiger partial charge on any atom is 0.261 e. The van der Waals surface area contributed by atoms with E-state index in [1.807, 2.05) is 30.5 Å².